The Bertz CT molecular complexity index is 494. The molecule has 14 heavy (non-hydrogen) atoms. The number of hydrogen-bond donors (Lipinski definition) is 1. The molecule has 0 aliphatic rings. The molecule has 0 spiro atoms. The molecule has 3 heteroatoms. The van der Waals surface area contributed by atoms with Crippen LogP contribution in [0.3, 0.4) is 0 Å². The van der Waals surface area contributed by atoms with E-state index in [2.05, 4.69) is 17.1 Å². The number of aromatic amines is 1. The molecule has 1 heterocycles. The van der Waals surface area contributed by atoms with Crippen LogP contribution in [-0.4, -0.2) is 9.55 Å². The van der Waals surface area contributed by atoms with E-state index in [0.29, 0.717) is 0 Å². The van der Waals surface area contributed by atoms with Crippen molar-refractivity contribution in [3.8, 4) is 11.3 Å². The van der Waals surface area contributed by atoms with Gasteiger partial charge in [-0.1, -0.05) is 30.3 Å². The highest BCUT2D eigenvalue weighted by atomic mass is 32.1. The minimum Gasteiger partial charge on any atom is -0.334 e. The molecule has 0 amide bonds. The number of aryl methyl sites for hydroxylation is 1. The molecular weight excluding hydrogens is 192 g/mol. The first-order valence-corrected chi connectivity index (χ1v) is 4.92. The highest BCUT2D eigenvalue weighted by molar-refractivity contribution is 7.71. The number of benzene rings is 1. The normalized spacial score (nSPS) is 10.4. The number of hydrogen-bond acceptors (Lipinski definition) is 1. The van der Waals surface area contributed by atoms with Crippen molar-refractivity contribution in [2.45, 2.75) is 6.92 Å². The van der Waals surface area contributed by atoms with Gasteiger partial charge in [0.1, 0.15) is 0 Å². The summed E-state index contributed by atoms with van der Waals surface area (Å²) in [5.41, 5.74) is 3.47. The number of imidazole rings is 1. The van der Waals surface area contributed by atoms with Gasteiger partial charge in [-0.15, -0.1) is 0 Å². The first-order valence-electron chi connectivity index (χ1n) is 4.51. The number of nitrogens with one attached hydrogen (secondary N) is 1. The summed E-state index contributed by atoms with van der Waals surface area (Å²) in [6.07, 6.45) is 0. The Morgan fingerprint density at radius 3 is 2.36 bits per heavy atom. The van der Waals surface area contributed by atoms with Gasteiger partial charge >= 0.3 is 0 Å². The van der Waals surface area contributed by atoms with Crippen molar-refractivity contribution in [2.24, 2.45) is 7.05 Å². The lowest BCUT2D eigenvalue weighted by Gasteiger charge is -2.03. The van der Waals surface area contributed by atoms with Crippen molar-refractivity contribution in [2.75, 3.05) is 0 Å². The lowest BCUT2D eigenvalue weighted by atomic mass is 10.1. The molecule has 2 aromatic rings. The van der Waals surface area contributed by atoms with Crippen LogP contribution in [0.5, 0.6) is 0 Å². The maximum atomic E-state index is 5.17. The molecular formula is C11H12N2S. The Kier molecular flexibility index (Phi) is 2.25. The Labute approximate surface area is 88.2 Å². The minimum absolute atomic E-state index is 0.765. The lowest BCUT2D eigenvalue weighted by Crippen LogP contribution is -1.91. The van der Waals surface area contributed by atoms with E-state index in [4.69, 9.17) is 12.2 Å². The molecule has 1 aromatic carbocycles. The van der Waals surface area contributed by atoms with Crippen LogP contribution in [-0.2, 0) is 7.05 Å². The Balaban J connectivity index is 2.69. The summed E-state index contributed by atoms with van der Waals surface area (Å²) in [5, 5.41) is 0. The first kappa shape index (κ1) is 9.21. The molecule has 2 nitrogen and oxygen atoms in total. The van der Waals surface area contributed by atoms with Crippen molar-refractivity contribution in [1.29, 1.82) is 0 Å². The van der Waals surface area contributed by atoms with Gasteiger partial charge < -0.3 is 9.55 Å². The Morgan fingerprint density at radius 1 is 1.21 bits per heavy atom. The summed E-state index contributed by atoms with van der Waals surface area (Å²) in [6, 6.07) is 10.3. The van der Waals surface area contributed by atoms with Crippen LogP contribution in [0.1, 0.15) is 5.69 Å². The molecule has 2 rings (SSSR count). The van der Waals surface area contributed by atoms with Crippen molar-refractivity contribution in [3.05, 3.63) is 40.8 Å². The van der Waals surface area contributed by atoms with Gasteiger partial charge in [-0.3, -0.25) is 0 Å². The molecule has 0 fully saturated rings. The zero-order chi connectivity index (χ0) is 10.1. The molecule has 0 atom stereocenters. The number of nitrogens with zero attached hydrogens (tertiary/aromatic N) is 1. The van der Waals surface area contributed by atoms with Crippen molar-refractivity contribution in [1.82, 2.24) is 9.55 Å². The highest BCUT2D eigenvalue weighted by Gasteiger charge is 2.06. The van der Waals surface area contributed by atoms with E-state index in [1.54, 1.807) is 0 Å². The third-order valence-corrected chi connectivity index (χ3v) is 2.71. The fourth-order valence-corrected chi connectivity index (χ4v) is 1.91. The van der Waals surface area contributed by atoms with E-state index >= 15 is 0 Å². The van der Waals surface area contributed by atoms with Crippen LogP contribution < -0.4 is 0 Å². The molecule has 0 bridgehead atoms. The number of H-pyrrole nitrogens is 1. The fourth-order valence-electron chi connectivity index (χ4n) is 1.66. The van der Waals surface area contributed by atoms with Crippen LogP contribution in [0, 0.1) is 11.7 Å². The molecule has 0 saturated carbocycles. The molecule has 72 valence electrons. The van der Waals surface area contributed by atoms with Gasteiger partial charge in [0.2, 0.25) is 0 Å². The average molecular weight is 204 g/mol. The van der Waals surface area contributed by atoms with Gasteiger partial charge in [-0.05, 0) is 24.7 Å². The second-order valence-electron chi connectivity index (χ2n) is 3.33. The van der Waals surface area contributed by atoms with Crippen molar-refractivity contribution < 1.29 is 0 Å². The molecule has 0 saturated heterocycles. The zero-order valence-electron chi connectivity index (χ0n) is 8.24. The van der Waals surface area contributed by atoms with E-state index in [1.165, 1.54) is 5.56 Å². The largest absolute Gasteiger partial charge is 0.334 e. The predicted molar refractivity (Wildman–Crippen MR) is 60.8 cm³/mol. The summed E-state index contributed by atoms with van der Waals surface area (Å²) >= 11 is 5.17. The standard InChI is InChI=1S/C11H12N2S/c1-8-10(13(2)11(14)12-8)9-6-4-3-5-7-9/h3-7H,1-2H3,(H,12,14). The third kappa shape index (κ3) is 1.40. The SMILES string of the molecule is Cc1[nH]c(=S)n(C)c1-c1ccccc1. The molecule has 1 aromatic heterocycles. The topological polar surface area (TPSA) is 20.7 Å². The van der Waals surface area contributed by atoms with Crippen LogP contribution in [0.25, 0.3) is 11.3 Å². The van der Waals surface area contributed by atoms with Crippen LogP contribution in [0.2, 0.25) is 0 Å². The Hall–Kier alpha value is -1.35. The van der Waals surface area contributed by atoms with Crippen LogP contribution >= 0.6 is 12.2 Å². The van der Waals surface area contributed by atoms with Gasteiger partial charge in [0.25, 0.3) is 0 Å². The Morgan fingerprint density at radius 2 is 1.86 bits per heavy atom. The minimum atomic E-state index is 0.765. The average Bonchev–Trinajstić information content (AvgIpc) is 2.43. The van der Waals surface area contributed by atoms with Crippen LogP contribution in [0.4, 0.5) is 0 Å². The van der Waals surface area contributed by atoms with Gasteiger partial charge in [0, 0.05) is 12.7 Å². The smallest absolute Gasteiger partial charge is 0.177 e. The predicted octanol–water partition coefficient (Wildman–Crippen LogP) is 3.06. The molecule has 0 aliphatic heterocycles. The maximum absolute atomic E-state index is 5.17. The zero-order valence-corrected chi connectivity index (χ0v) is 9.06. The molecule has 1 N–H and O–H groups in total. The second-order valence-corrected chi connectivity index (χ2v) is 3.72. The van der Waals surface area contributed by atoms with Crippen molar-refractivity contribution in [3.63, 3.8) is 0 Å². The lowest BCUT2D eigenvalue weighted by molar-refractivity contribution is 0.902. The van der Waals surface area contributed by atoms with E-state index in [-0.39, 0.29) is 0 Å². The van der Waals surface area contributed by atoms with E-state index in [1.807, 2.05) is 36.7 Å². The van der Waals surface area contributed by atoms with Gasteiger partial charge in [-0.25, -0.2) is 0 Å². The third-order valence-electron chi connectivity index (χ3n) is 2.34. The van der Waals surface area contributed by atoms with Gasteiger partial charge in [-0.2, -0.15) is 0 Å². The summed E-state index contributed by atoms with van der Waals surface area (Å²) in [7, 11) is 1.98. The first-order chi connectivity index (χ1) is 6.70. The fraction of sp³-hybridized carbons (Fsp3) is 0.182. The highest BCUT2D eigenvalue weighted by Crippen LogP contribution is 2.21. The van der Waals surface area contributed by atoms with Crippen LogP contribution in [0.15, 0.2) is 30.3 Å². The molecule has 0 aliphatic carbocycles. The second kappa shape index (κ2) is 3.42. The number of aromatic nitrogens is 2. The summed E-state index contributed by atoms with van der Waals surface area (Å²) in [6.45, 7) is 2.04. The summed E-state index contributed by atoms with van der Waals surface area (Å²) in [5.74, 6) is 0. The molecule has 0 unspecified atom stereocenters. The van der Waals surface area contributed by atoms with Gasteiger partial charge in [0.15, 0.2) is 4.77 Å². The van der Waals surface area contributed by atoms with Crippen molar-refractivity contribution >= 4 is 12.2 Å². The van der Waals surface area contributed by atoms with E-state index in [9.17, 15) is 0 Å². The quantitative estimate of drug-likeness (QED) is 0.708. The van der Waals surface area contributed by atoms with E-state index in [0.717, 1.165) is 16.2 Å². The maximum Gasteiger partial charge on any atom is 0.177 e. The van der Waals surface area contributed by atoms with Gasteiger partial charge in [0.05, 0.1) is 5.69 Å². The summed E-state index contributed by atoms with van der Waals surface area (Å²) in [4.78, 5) is 3.15. The number of rotatable bonds is 1. The summed E-state index contributed by atoms with van der Waals surface area (Å²) < 4.78 is 2.77. The molecule has 0 radical (unpaired) electrons. The van der Waals surface area contributed by atoms with E-state index < -0.39 is 0 Å². The monoisotopic (exact) mass is 204 g/mol.